The van der Waals surface area contributed by atoms with Crippen molar-refractivity contribution in [2.24, 2.45) is 0 Å². The molecule has 0 bridgehead atoms. The first-order valence-electron chi connectivity index (χ1n) is 8.44. The van der Waals surface area contributed by atoms with Crippen LogP contribution in [0.15, 0.2) is 64.6 Å². The number of carbonyl (C=O) groups is 1. The Morgan fingerprint density at radius 2 is 1.69 bits per heavy atom. The predicted molar refractivity (Wildman–Crippen MR) is 103 cm³/mol. The molecule has 132 valence electrons. The molecule has 0 N–H and O–H groups in total. The van der Waals surface area contributed by atoms with Crippen molar-refractivity contribution in [1.82, 2.24) is 9.97 Å². The van der Waals surface area contributed by atoms with Crippen LogP contribution in [0.2, 0.25) is 0 Å². The quantitative estimate of drug-likeness (QED) is 0.466. The molecule has 0 aliphatic rings. The van der Waals surface area contributed by atoms with Crippen molar-refractivity contribution in [2.75, 3.05) is 6.61 Å². The number of aryl methyl sites for hydroxylation is 2. The summed E-state index contributed by atoms with van der Waals surface area (Å²) in [5.41, 5.74) is 3.71. The van der Waals surface area contributed by atoms with Crippen LogP contribution in [0.25, 0.3) is 11.3 Å². The molecule has 0 unspecified atom stereocenters. The van der Waals surface area contributed by atoms with Gasteiger partial charge in [0, 0.05) is 10.5 Å². The molecule has 0 saturated carbocycles. The smallest absolute Gasteiger partial charge is 0.342 e. The summed E-state index contributed by atoms with van der Waals surface area (Å²) in [7, 11) is 0. The van der Waals surface area contributed by atoms with E-state index in [1.807, 2.05) is 49.4 Å². The van der Waals surface area contributed by atoms with Crippen molar-refractivity contribution in [2.45, 2.75) is 30.8 Å². The minimum atomic E-state index is -0.393. The second-order valence-corrected chi connectivity index (χ2v) is 6.86. The number of carbonyl (C=O) groups excluding carboxylic acids is 1. The number of benzene rings is 2. The Kier molecular flexibility index (Phi) is 5.68. The lowest BCUT2D eigenvalue weighted by Crippen LogP contribution is -2.12. The van der Waals surface area contributed by atoms with E-state index in [-0.39, 0.29) is 0 Å². The fourth-order valence-electron chi connectivity index (χ4n) is 2.56. The first kappa shape index (κ1) is 18.1. The summed E-state index contributed by atoms with van der Waals surface area (Å²) in [6, 6.07) is 17.9. The minimum Gasteiger partial charge on any atom is -0.462 e. The molecular weight excluding hydrogens is 344 g/mol. The van der Waals surface area contributed by atoms with E-state index in [1.165, 1.54) is 17.3 Å². The molecule has 0 fully saturated rings. The molecule has 5 heteroatoms. The second-order valence-electron chi connectivity index (χ2n) is 5.82. The topological polar surface area (TPSA) is 52.1 Å². The van der Waals surface area contributed by atoms with Gasteiger partial charge in [-0.15, -0.1) is 0 Å². The highest BCUT2D eigenvalue weighted by Crippen LogP contribution is 2.30. The zero-order valence-corrected chi connectivity index (χ0v) is 15.8. The van der Waals surface area contributed by atoms with E-state index in [0.29, 0.717) is 28.7 Å². The Hall–Kier alpha value is -2.66. The Balaban J connectivity index is 2.07. The lowest BCUT2D eigenvalue weighted by Gasteiger charge is -2.12. The standard InChI is InChI=1S/C21H20N2O2S/c1-4-25-20(24)18-15(3)22-21(26-17-12-10-14(2)11-13-17)23-19(18)16-8-6-5-7-9-16/h5-13H,4H2,1-3H3. The lowest BCUT2D eigenvalue weighted by molar-refractivity contribution is 0.0525. The third-order valence-electron chi connectivity index (χ3n) is 3.83. The molecule has 3 aromatic rings. The monoisotopic (exact) mass is 364 g/mol. The number of aromatic nitrogens is 2. The van der Waals surface area contributed by atoms with Gasteiger partial charge in [0.25, 0.3) is 0 Å². The van der Waals surface area contributed by atoms with Gasteiger partial charge in [-0.05, 0) is 44.7 Å². The van der Waals surface area contributed by atoms with Crippen LogP contribution < -0.4 is 0 Å². The van der Waals surface area contributed by atoms with Gasteiger partial charge in [0.2, 0.25) is 0 Å². The summed E-state index contributed by atoms with van der Waals surface area (Å²) >= 11 is 1.48. The van der Waals surface area contributed by atoms with Crippen molar-refractivity contribution in [3.63, 3.8) is 0 Å². The van der Waals surface area contributed by atoms with Gasteiger partial charge in [-0.2, -0.15) is 0 Å². The van der Waals surface area contributed by atoms with E-state index < -0.39 is 5.97 Å². The summed E-state index contributed by atoms with van der Waals surface area (Å²) in [4.78, 5) is 22.7. The van der Waals surface area contributed by atoms with Gasteiger partial charge in [0.1, 0.15) is 5.56 Å². The molecule has 4 nitrogen and oxygen atoms in total. The number of nitrogens with zero attached hydrogens (tertiary/aromatic N) is 2. The van der Waals surface area contributed by atoms with Crippen molar-refractivity contribution < 1.29 is 9.53 Å². The number of rotatable bonds is 5. The van der Waals surface area contributed by atoms with Crippen molar-refractivity contribution >= 4 is 17.7 Å². The molecule has 1 aromatic heterocycles. The Morgan fingerprint density at radius 1 is 1.00 bits per heavy atom. The average molecular weight is 364 g/mol. The second kappa shape index (κ2) is 8.15. The Morgan fingerprint density at radius 3 is 2.35 bits per heavy atom. The van der Waals surface area contributed by atoms with E-state index >= 15 is 0 Å². The predicted octanol–water partition coefficient (Wildman–Crippen LogP) is 5.09. The van der Waals surface area contributed by atoms with Gasteiger partial charge >= 0.3 is 5.97 Å². The molecular formula is C21H20N2O2S. The first-order valence-corrected chi connectivity index (χ1v) is 9.26. The van der Waals surface area contributed by atoms with Crippen LogP contribution in [0, 0.1) is 13.8 Å². The first-order chi connectivity index (χ1) is 12.6. The van der Waals surface area contributed by atoms with Crippen LogP contribution in [0.5, 0.6) is 0 Å². The molecule has 3 rings (SSSR count). The van der Waals surface area contributed by atoms with Crippen molar-refractivity contribution in [3.8, 4) is 11.3 Å². The molecule has 0 saturated heterocycles. The maximum absolute atomic E-state index is 12.5. The molecule has 0 spiro atoms. The van der Waals surface area contributed by atoms with Crippen LogP contribution in [0.4, 0.5) is 0 Å². The zero-order valence-electron chi connectivity index (χ0n) is 15.0. The van der Waals surface area contributed by atoms with Crippen LogP contribution in [-0.4, -0.2) is 22.5 Å². The highest BCUT2D eigenvalue weighted by Gasteiger charge is 2.21. The highest BCUT2D eigenvalue weighted by molar-refractivity contribution is 7.99. The van der Waals surface area contributed by atoms with E-state index in [4.69, 9.17) is 4.74 Å². The van der Waals surface area contributed by atoms with E-state index in [1.54, 1.807) is 6.92 Å². The number of esters is 1. The highest BCUT2D eigenvalue weighted by atomic mass is 32.2. The normalized spacial score (nSPS) is 10.6. The minimum absolute atomic E-state index is 0.312. The van der Waals surface area contributed by atoms with E-state index in [2.05, 4.69) is 29.0 Å². The summed E-state index contributed by atoms with van der Waals surface area (Å²) in [5.74, 6) is -0.393. The van der Waals surface area contributed by atoms with Crippen LogP contribution >= 0.6 is 11.8 Å². The third-order valence-corrected chi connectivity index (χ3v) is 4.70. The zero-order chi connectivity index (χ0) is 18.5. The SMILES string of the molecule is CCOC(=O)c1c(C)nc(Sc2ccc(C)cc2)nc1-c1ccccc1. The van der Waals surface area contributed by atoms with Crippen LogP contribution in [0.1, 0.15) is 28.5 Å². The molecule has 2 aromatic carbocycles. The van der Waals surface area contributed by atoms with Gasteiger partial charge in [0.05, 0.1) is 18.0 Å². The molecule has 0 radical (unpaired) electrons. The van der Waals surface area contributed by atoms with Gasteiger partial charge in [-0.3, -0.25) is 0 Å². The van der Waals surface area contributed by atoms with Gasteiger partial charge in [-0.1, -0.05) is 48.0 Å². The molecule has 0 aliphatic heterocycles. The fourth-order valence-corrected chi connectivity index (χ4v) is 3.36. The van der Waals surface area contributed by atoms with Crippen LogP contribution in [-0.2, 0) is 4.74 Å². The summed E-state index contributed by atoms with van der Waals surface area (Å²) in [5, 5.41) is 0.609. The van der Waals surface area contributed by atoms with Crippen molar-refractivity contribution in [1.29, 1.82) is 0 Å². The summed E-state index contributed by atoms with van der Waals surface area (Å²) < 4.78 is 5.22. The maximum atomic E-state index is 12.5. The number of ether oxygens (including phenoxy) is 1. The van der Waals surface area contributed by atoms with Gasteiger partial charge < -0.3 is 4.74 Å². The fraction of sp³-hybridized carbons (Fsp3) is 0.190. The number of hydrogen-bond donors (Lipinski definition) is 0. The summed E-state index contributed by atoms with van der Waals surface area (Å²) in [6.45, 7) is 5.97. The molecule has 26 heavy (non-hydrogen) atoms. The molecule has 0 aliphatic carbocycles. The molecule has 0 amide bonds. The average Bonchev–Trinajstić information content (AvgIpc) is 2.64. The van der Waals surface area contributed by atoms with E-state index in [9.17, 15) is 4.79 Å². The van der Waals surface area contributed by atoms with Crippen LogP contribution in [0.3, 0.4) is 0 Å². The van der Waals surface area contributed by atoms with E-state index in [0.717, 1.165) is 10.5 Å². The van der Waals surface area contributed by atoms with Gasteiger partial charge in [0.15, 0.2) is 5.16 Å². The van der Waals surface area contributed by atoms with Crippen molar-refractivity contribution in [3.05, 3.63) is 71.4 Å². The molecule has 0 atom stereocenters. The van der Waals surface area contributed by atoms with Gasteiger partial charge in [-0.25, -0.2) is 14.8 Å². The number of hydrogen-bond acceptors (Lipinski definition) is 5. The lowest BCUT2D eigenvalue weighted by atomic mass is 10.0. The molecule has 1 heterocycles. The Labute approximate surface area is 157 Å². The maximum Gasteiger partial charge on any atom is 0.342 e. The third kappa shape index (κ3) is 4.11. The summed E-state index contributed by atoms with van der Waals surface area (Å²) in [6.07, 6.45) is 0. The largest absolute Gasteiger partial charge is 0.462 e. The Bertz CT molecular complexity index is 909.